The maximum Gasteiger partial charge on any atom is 0.301 e. The van der Waals surface area contributed by atoms with Crippen LogP contribution in [0.3, 0.4) is 0 Å². The topological polar surface area (TPSA) is 93.9 Å². The van der Waals surface area contributed by atoms with Crippen LogP contribution in [-0.4, -0.2) is 39.0 Å². The van der Waals surface area contributed by atoms with Gasteiger partial charge in [0.2, 0.25) is 0 Å². The monoisotopic (exact) mass is 313 g/mol. The predicted octanol–water partition coefficient (Wildman–Crippen LogP) is 1.18. The average Bonchev–Trinajstić information content (AvgIpc) is 2.89. The highest BCUT2D eigenvalue weighted by atomic mass is 32.2. The van der Waals surface area contributed by atoms with Crippen molar-refractivity contribution in [3.63, 3.8) is 0 Å². The van der Waals surface area contributed by atoms with Crippen molar-refractivity contribution in [2.75, 3.05) is 36.8 Å². The molecule has 1 aromatic rings. The number of ether oxygens (including phenoxy) is 2. The van der Waals surface area contributed by atoms with Crippen LogP contribution in [-0.2, 0) is 10.2 Å². The number of anilines is 2. The lowest BCUT2D eigenvalue weighted by Gasteiger charge is -2.19. The van der Waals surface area contributed by atoms with Crippen LogP contribution < -0.4 is 19.9 Å². The van der Waals surface area contributed by atoms with Crippen molar-refractivity contribution < 1.29 is 17.9 Å². The van der Waals surface area contributed by atoms with Gasteiger partial charge >= 0.3 is 10.2 Å². The van der Waals surface area contributed by atoms with E-state index in [1.165, 1.54) is 4.31 Å². The lowest BCUT2D eigenvalue weighted by Crippen LogP contribution is -2.33. The van der Waals surface area contributed by atoms with Crippen LogP contribution in [0.15, 0.2) is 12.1 Å². The van der Waals surface area contributed by atoms with E-state index in [1.54, 1.807) is 12.1 Å². The maximum atomic E-state index is 12.3. The molecule has 0 amide bonds. The van der Waals surface area contributed by atoms with Gasteiger partial charge in [0.25, 0.3) is 0 Å². The van der Waals surface area contributed by atoms with Crippen molar-refractivity contribution in [3.8, 4) is 11.5 Å². The Morgan fingerprint density at radius 3 is 2.33 bits per heavy atom. The summed E-state index contributed by atoms with van der Waals surface area (Å²) in [7, 11) is -3.56. The Labute approximate surface area is 124 Å². The first-order valence-corrected chi connectivity index (χ1v) is 8.47. The number of benzene rings is 1. The first-order chi connectivity index (χ1) is 10.1. The molecule has 0 atom stereocenters. The molecule has 2 heterocycles. The Morgan fingerprint density at radius 2 is 1.67 bits per heavy atom. The summed E-state index contributed by atoms with van der Waals surface area (Å²) in [4.78, 5) is 0. The first kappa shape index (κ1) is 14.3. The molecule has 1 aromatic carbocycles. The summed E-state index contributed by atoms with van der Waals surface area (Å²) in [6, 6.07) is 3.19. The fraction of sp³-hybridized carbons (Fsp3) is 0.538. The molecule has 116 valence electrons. The highest BCUT2D eigenvalue weighted by Crippen LogP contribution is 2.37. The standard InChI is InChI=1S/C13H19N3O4S/c14-10-8-12-13(20-7-3-6-19-12)9-11(10)15-21(17,18)16-4-1-2-5-16/h8-9,15H,1-7,14H2. The van der Waals surface area contributed by atoms with Gasteiger partial charge < -0.3 is 15.2 Å². The number of hydrogen-bond donors (Lipinski definition) is 2. The lowest BCUT2D eigenvalue weighted by molar-refractivity contribution is 0.297. The zero-order valence-electron chi connectivity index (χ0n) is 11.7. The summed E-state index contributed by atoms with van der Waals surface area (Å²) < 4.78 is 39.6. The molecule has 0 saturated carbocycles. The van der Waals surface area contributed by atoms with Crippen LogP contribution in [0.4, 0.5) is 11.4 Å². The minimum atomic E-state index is -3.56. The van der Waals surface area contributed by atoms with E-state index in [0.29, 0.717) is 49.2 Å². The fourth-order valence-corrected chi connectivity index (χ4v) is 3.77. The summed E-state index contributed by atoms with van der Waals surface area (Å²) in [6.07, 6.45) is 2.55. The molecular formula is C13H19N3O4S. The molecule has 2 aliphatic rings. The number of nitrogens with two attached hydrogens (primary N) is 1. The van der Waals surface area contributed by atoms with Gasteiger partial charge in [-0.05, 0) is 12.8 Å². The highest BCUT2D eigenvalue weighted by Gasteiger charge is 2.26. The summed E-state index contributed by atoms with van der Waals surface area (Å²) in [5.74, 6) is 1.06. The Balaban J connectivity index is 1.86. The lowest BCUT2D eigenvalue weighted by atomic mass is 10.2. The second-order valence-corrected chi connectivity index (χ2v) is 6.82. The number of nitrogen functional groups attached to an aromatic ring is 1. The zero-order chi connectivity index (χ0) is 14.9. The summed E-state index contributed by atoms with van der Waals surface area (Å²) in [5.41, 5.74) is 6.57. The van der Waals surface area contributed by atoms with E-state index in [4.69, 9.17) is 15.2 Å². The van der Waals surface area contributed by atoms with Gasteiger partial charge in [0, 0.05) is 31.6 Å². The van der Waals surface area contributed by atoms with Gasteiger partial charge in [-0.3, -0.25) is 4.72 Å². The van der Waals surface area contributed by atoms with Crippen LogP contribution in [0.2, 0.25) is 0 Å². The summed E-state index contributed by atoms with van der Waals surface area (Å²) in [5, 5.41) is 0. The molecule has 3 rings (SSSR count). The first-order valence-electron chi connectivity index (χ1n) is 7.03. The minimum absolute atomic E-state index is 0.321. The van der Waals surface area contributed by atoms with Crippen molar-refractivity contribution in [1.29, 1.82) is 0 Å². The third kappa shape index (κ3) is 3.01. The van der Waals surface area contributed by atoms with E-state index in [2.05, 4.69) is 4.72 Å². The third-order valence-corrected chi connectivity index (χ3v) is 5.09. The van der Waals surface area contributed by atoms with Crippen LogP contribution in [0.5, 0.6) is 11.5 Å². The largest absolute Gasteiger partial charge is 0.489 e. The number of fused-ring (bicyclic) bond motifs is 1. The van der Waals surface area contributed by atoms with Gasteiger partial charge in [-0.2, -0.15) is 12.7 Å². The minimum Gasteiger partial charge on any atom is -0.489 e. The average molecular weight is 313 g/mol. The molecule has 0 bridgehead atoms. The molecule has 0 radical (unpaired) electrons. The Kier molecular flexibility index (Phi) is 3.81. The summed E-state index contributed by atoms with van der Waals surface area (Å²) in [6.45, 7) is 2.18. The summed E-state index contributed by atoms with van der Waals surface area (Å²) >= 11 is 0. The predicted molar refractivity (Wildman–Crippen MR) is 79.8 cm³/mol. The molecule has 1 saturated heterocycles. The molecular weight excluding hydrogens is 294 g/mol. The maximum absolute atomic E-state index is 12.3. The van der Waals surface area contributed by atoms with Crippen molar-refractivity contribution >= 4 is 21.6 Å². The van der Waals surface area contributed by atoms with Crippen LogP contribution >= 0.6 is 0 Å². The molecule has 21 heavy (non-hydrogen) atoms. The number of nitrogens with zero attached hydrogens (tertiary/aromatic N) is 1. The van der Waals surface area contributed by atoms with Gasteiger partial charge in [-0.25, -0.2) is 0 Å². The smallest absolute Gasteiger partial charge is 0.301 e. The normalized spacial score (nSPS) is 19.2. The van der Waals surface area contributed by atoms with Crippen molar-refractivity contribution in [1.82, 2.24) is 4.31 Å². The van der Waals surface area contributed by atoms with Crippen molar-refractivity contribution in [2.24, 2.45) is 0 Å². The van der Waals surface area contributed by atoms with E-state index in [9.17, 15) is 8.42 Å². The zero-order valence-corrected chi connectivity index (χ0v) is 12.5. The van der Waals surface area contributed by atoms with Gasteiger partial charge in [0.05, 0.1) is 24.6 Å². The molecule has 0 unspecified atom stereocenters. The molecule has 0 aliphatic carbocycles. The Morgan fingerprint density at radius 1 is 1.05 bits per heavy atom. The Bertz CT molecular complexity index is 627. The number of nitrogens with one attached hydrogen (secondary N) is 1. The molecule has 3 N–H and O–H groups in total. The van der Waals surface area contributed by atoms with Gasteiger partial charge in [0.15, 0.2) is 11.5 Å². The van der Waals surface area contributed by atoms with Crippen molar-refractivity contribution in [2.45, 2.75) is 19.3 Å². The van der Waals surface area contributed by atoms with E-state index in [-0.39, 0.29) is 0 Å². The van der Waals surface area contributed by atoms with Crippen LogP contribution in [0, 0.1) is 0 Å². The van der Waals surface area contributed by atoms with E-state index in [1.807, 2.05) is 0 Å². The highest BCUT2D eigenvalue weighted by molar-refractivity contribution is 7.90. The number of rotatable bonds is 3. The Hall–Kier alpha value is -1.67. The quantitative estimate of drug-likeness (QED) is 0.817. The van der Waals surface area contributed by atoms with E-state index < -0.39 is 10.2 Å². The molecule has 0 aromatic heterocycles. The second-order valence-electron chi connectivity index (χ2n) is 5.15. The van der Waals surface area contributed by atoms with Gasteiger partial charge in [0.1, 0.15) is 0 Å². The third-order valence-electron chi connectivity index (χ3n) is 3.56. The second kappa shape index (κ2) is 5.61. The molecule has 8 heteroatoms. The van der Waals surface area contributed by atoms with Gasteiger partial charge in [-0.15, -0.1) is 0 Å². The molecule has 2 aliphatic heterocycles. The van der Waals surface area contributed by atoms with E-state index >= 15 is 0 Å². The van der Waals surface area contributed by atoms with E-state index in [0.717, 1.165) is 19.3 Å². The van der Waals surface area contributed by atoms with Gasteiger partial charge in [-0.1, -0.05) is 0 Å². The molecule has 1 fully saturated rings. The molecule has 0 spiro atoms. The number of hydrogen-bond acceptors (Lipinski definition) is 5. The van der Waals surface area contributed by atoms with Crippen LogP contribution in [0.25, 0.3) is 0 Å². The SMILES string of the molecule is Nc1cc2c(cc1NS(=O)(=O)N1CCCC1)OCCCO2. The fourth-order valence-electron chi connectivity index (χ4n) is 2.44. The molecule has 7 nitrogen and oxygen atoms in total. The van der Waals surface area contributed by atoms with Crippen molar-refractivity contribution in [3.05, 3.63) is 12.1 Å². The van der Waals surface area contributed by atoms with Crippen LogP contribution in [0.1, 0.15) is 19.3 Å².